The van der Waals surface area contributed by atoms with Gasteiger partial charge in [0, 0.05) is 30.1 Å². The highest BCUT2D eigenvalue weighted by molar-refractivity contribution is 7.88. The number of hydrogen-bond donors (Lipinski definition) is 0. The molecule has 0 saturated heterocycles. The average molecular weight is 496 g/mol. The molecule has 13 heteroatoms. The summed E-state index contributed by atoms with van der Waals surface area (Å²) in [7, 11) is -5.95. The lowest BCUT2D eigenvalue weighted by molar-refractivity contribution is -0.0502. The van der Waals surface area contributed by atoms with Crippen molar-refractivity contribution in [3.63, 3.8) is 0 Å². The fraction of sp³-hybridized carbons (Fsp3) is 0.474. The number of ether oxygens (including phenoxy) is 1. The summed E-state index contributed by atoms with van der Waals surface area (Å²) >= 11 is 5.86. The minimum Gasteiger partial charge on any atom is -0.444 e. The van der Waals surface area contributed by atoms with Gasteiger partial charge in [0.25, 0.3) is 0 Å². The molecule has 1 aromatic heterocycles. The monoisotopic (exact) mass is 495 g/mol. The molecule has 0 fully saturated rings. The first-order valence-electron chi connectivity index (χ1n) is 9.53. The van der Waals surface area contributed by atoms with Gasteiger partial charge in [-0.1, -0.05) is 11.6 Å². The van der Waals surface area contributed by atoms with Gasteiger partial charge >= 0.3 is 21.7 Å². The highest BCUT2D eigenvalue weighted by Gasteiger charge is 2.49. The zero-order valence-electron chi connectivity index (χ0n) is 17.4. The van der Waals surface area contributed by atoms with Gasteiger partial charge in [-0.15, -0.1) is 0 Å². The van der Waals surface area contributed by atoms with Crippen molar-refractivity contribution >= 4 is 27.8 Å². The van der Waals surface area contributed by atoms with Crippen molar-refractivity contribution in [2.75, 3.05) is 13.1 Å². The van der Waals surface area contributed by atoms with Gasteiger partial charge in [0.2, 0.25) is 5.88 Å². The maximum absolute atomic E-state index is 13.0. The van der Waals surface area contributed by atoms with Crippen LogP contribution in [0.3, 0.4) is 0 Å². The first-order valence-corrected chi connectivity index (χ1v) is 11.3. The Morgan fingerprint density at radius 1 is 1.09 bits per heavy atom. The molecular weight excluding hydrogens is 475 g/mol. The van der Waals surface area contributed by atoms with Gasteiger partial charge in [0.05, 0.1) is 11.4 Å². The van der Waals surface area contributed by atoms with Crippen LogP contribution in [0.1, 0.15) is 32.0 Å². The molecule has 0 saturated carbocycles. The Labute approximate surface area is 188 Å². The van der Waals surface area contributed by atoms with Crippen LogP contribution in [0, 0.1) is 0 Å². The Bertz CT molecular complexity index is 1110. The number of benzene rings is 1. The number of fused-ring (bicyclic) bond motifs is 1. The number of aromatic nitrogens is 2. The fourth-order valence-corrected chi connectivity index (χ4v) is 3.63. The number of hydrogen-bond acceptors (Lipinski definition) is 6. The number of carbonyl (C=O) groups excluding carboxylic acids is 1. The first kappa shape index (κ1) is 24.2. The molecule has 1 aliphatic rings. The van der Waals surface area contributed by atoms with Crippen molar-refractivity contribution in [3.8, 4) is 11.6 Å². The lowest BCUT2D eigenvalue weighted by Gasteiger charge is -2.26. The molecule has 176 valence electrons. The number of amides is 1. The van der Waals surface area contributed by atoms with Gasteiger partial charge in [-0.25, -0.2) is 4.79 Å². The molecule has 0 spiro atoms. The van der Waals surface area contributed by atoms with E-state index in [0.29, 0.717) is 10.7 Å². The van der Waals surface area contributed by atoms with Gasteiger partial charge in [0.1, 0.15) is 5.60 Å². The maximum Gasteiger partial charge on any atom is 0.534 e. The van der Waals surface area contributed by atoms with Crippen LogP contribution in [0.4, 0.5) is 18.0 Å². The summed E-state index contributed by atoms with van der Waals surface area (Å²) in [6.45, 7) is 5.40. The zero-order valence-corrected chi connectivity index (χ0v) is 19.0. The fourth-order valence-electron chi connectivity index (χ4n) is 3.03. The summed E-state index contributed by atoms with van der Waals surface area (Å²) in [6.07, 6.45) is -0.402. The van der Waals surface area contributed by atoms with E-state index in [1.165, 1.54) is 29.2 Å². The highest BCUT2D eigenvalue weighted by atomic mass is 35.5. The number of alkyl halides is 3. The Hall–Kier alpha value is -2.47. The summed E-state index contributed by atoms with van der Waals surface area (Å²) in [5, 5.41) is 4.66. The van der Waals surface area contributed by atoms with Gasteiger partial charge < -0.3 is 13.8 Å². The summed E-state index contributed by atoms with van der Waals surface area (Å²) in [4.78, 5) is 13.8. The molecule has 0 bridgehead atoms. The van der Waals surface area contributed by atoms with Crippen molar-refractivity contribution < 1.29 is 35.3 Å². The molecule has 3 rings (SSSR count). The number of halogens is 4. The van der Waals surface area contributed by atoms with E-state index in [2.05, 4.69) is 9.28 Å². The van der Waals surface area contributed by atoms with Crippen molar-refractivity contribution in [1.82, 2.24) is 14.7 Å². The summed E-state index contributed by atoms with van der Waals surface area (Å²) in [5.74, 6) is -0.578. The van der Waals surface area contributed by atoms with Crippen LogP contribution in [-0.2, 0) is 27.7 Å². The van der Waals surface area contributed by atoms with Crippen LogP contribution in [0.15, 0.2) is 24.3 Å². The molecule has 0 unspecified atom stereocenters. The predicted octanol–water partition coefficient (Wildman–Crippen LogP) is 4.09. The Morgan fingerprint density at radius 3 is 2.25 bits per heavy atom. The molecule has 1 amide bonds. The van der Waals surface area contributed by atoms with Crippen LogP contribution in [0.5, 0.6) is 5.88 Å². The second-order valence-electron chi connectivity index (χ2n) is 8.07. The van der Waals surface area contributed by atoms with E-state index in [-0.39, 0.29) is 37.2 Å². The van der Waals surface area contributed by atoms with Crippen molar-refractivity contribution in [1.29, 1.82) is 0 Å². The van der Waals surface area contributed by atoms with E-state index in [4.69, 9.17) is 16.3 Å². The minimum absolute atomic E-state index is 0.0187. The normalized spacial score (nSPS) is 15.2. The molecule has 0 atom stereocenters. The molecule has 32 heavy (non-hydrogen) atoms. The molecular formula is C19H21ClF3N3O5S. The Balaban J connectivity index is 1.99. The number of rotatable bonds is 3. The third-order valence-electron chi connectivity index (χ3n) is 4.46. The quantitative estimate of drug-likeness (QED) is 0.470. The van der Waals surface area contributed by atoms with Crippen LogP contribution in [-0.4, -0.2) is 53.4 Å². The second kappa shape index (κ2) is 8.47. The molecule has 0 N–H and O–H groups in total. The van der Waals surface area contributed by atoms with Crippen molar-refractivity contribution in [2.24, 2.45) is 0 Å². The minimum atomic E-state index is -5.95. The van der Waals surface area contributed by atoms with E-state index >= 15 is 0 Å². The van der Waals surface area contributed by atoms with E-state index < -0.39 is 33.2 Å². The third kappa shape index (κ3) is 5.29. The van der Waals surface area contributed by atoms with E-state index in [1.807, 2.05) is 0 Å². The Kier molecular flexibility index (Phi) is 6.40. The lowest BCUT2D eigenvalue weighted by Crippen LogP contribution is -2.38. The maximum atomic E-state index is 13.0. The van der Waals surface area contributed by atoms with Crippen LogP contribution in [0.25, 0.3) is 5.69 Å². The van der Waals surface area contributed by atoms with E-state index in [9.17, 15) is 26.4 Å². The number of nitrogens with zero attached hydrogens (tertiary/aromatic N) is 3. The molecule has 1 aliphatic heterocycles. The van der Waals surface area contributed by atoms with Crippen molar-refractivity contribution in [3.05, 3.63) is 40.5 Å². The predicted molar refractivity (Wildman–Crippen MR) is 109 cm³/mol. The van der Waals surface area contributed by atoms with Crippen LogP contribution in [0.2, 0.25) is 5.02 Å². The summed E-state index contributed by atoms with van der Waals surface area (Å²) < 4.78 is 73.5. The van der Waals surface area contributed by atoms with E-state index in [0.717, 1.165) is 4.68 Å². The largest absolute Gasteiger partial charge is 0.534 e. The molecule has 1 aromatic carbocycles. The van der Waals surface area contributed by atoms with Gasteiger partial charge in [-0.05, 0) is 51.5 Å². The number of carbonyl (C=O) groups is 1. The summed E-state index contributed by atoms with van der Waals surface area (Å²) in [6, 6.07) is 5.90. The molecule has 0 radical (unpaired) electrons. The van der Waals surface area contributed by atoms with Gasteiger partial charge in [-0.2, -0.15) is 31.4 Å². The molecule has 8 nitrogen and oxygen atoms in total. The molecule has 0 aliphatic carbocycles. The third-order valence-corrected chi connectivity index (χ3v) is 5.66. The average Bonchev–Trinajstić information content (AvgIpc) is 2.83. The summed E-state index contributed by atoms with van der Waals surface area (Å²) in [5.41, 5.74) is -5.60. The van der Waals surface area contributed by atoms with E-state index in [1.54, 1.807) is 20.8 Å². The highest BCUT2D eigenvalue weighted by Crippen LogP contribution is 2.34. The lowest BCUT2D eigenvalue weighted by atomic mass is 10.1. The topological polar surface area (TPSA) is 90.7 Å². The molecule has 2 heterocycles. The standard InChI is InChI=1S/C19H21ClF3N3O5S/c1-18(2,3)30-17(27)25-10-8-14-15(9-11-25)24-26(13-6-4-12(20)5-7-13)16(14)31-32(28,29)19(21,22)23/h4-7H,8-11H2,1-3H3. The Morgan fingerprint density at radius 2 is 1.69 bits per heavy atom. The first-order chi connectivity index (χ1) is 14.7. The SMILES string of the molecule is CC(C)(C)OC(=O)N1CCc2nn(-c3ccc(Cl)cc3)c(OS(=O)(=O)C(F)(F)F)c2CC1. The second-order valence-corrected chi connectivity index (χ2v) is 10.0. The zero-order chi connectivity index (χ0) is 23.9. The smallest absolute Gasteiger partial charge is 0.444 e. The van der Waals surface area contributed by atoms with Crippen LogP contribution < -0.4 is 4.18 Å². The molecule has 2 aromatic rings. The van der Waals surface area contributed by atoms with Gasteiger partial charge in [0.15, 0.2) is 0 Å². The van der Waals surface area contributed by atoms with Crippen molar-refractivity contribution in [2.45, 2.75) is 44.7 Å². The van der Waals surface area contributed by atoms with Crippen LogP contribution >= 0.6 is 11.6 Å². The van der Waals surface area contributed by atoms with Gasteiger partial charge in [-0.3, -0.25) is 0 Å².